The zero-order valence-electron chi connectivity index (χ0n) is 9.08. The van der Waals surface area contributed by atoms with Crippen molar-refractivity contribution in [1.82, 2.24) is 4.98 Å². The molecule has 1 aromatic heterocycles. The summed E-state index contributed by atoms with van der Waals surface area (Å²) in [5.41, 5.74) is -0.543. The Balaban J connectivity index is 2.14. The molecule has 2 rings (SSSR count). The normalized spacial score (nSPS) is 19.9. The van der Waals surface area contributed by atoms with Gasteiger partial charge in [-0.25, -0.2) is 4.98 Å². The van der Waals surface area contributed by atoms with Gasteiger partial charge in [0.25, 0.3) is 0 Å². The number of rotatable bonds is 1. The van der Waals surface area contributed by atoms with E-state index in [4.69, 9.17) is 11.6 Å². The van der Waals surface area contributed by atoms with E-state index in [1.165, 1.54) is 0 Å². The van der Waals surface area contributed by atoms with Gasteiger partial charge < -0.3 is 10.0 Å². The molecule has 0 spiro atoms. The Morgan fingerprint density at radius 2 is 2.12 bits per heavy atom. The lowest BCUT2D eigenvalue weighted by Gasteiger charge is -2.36. The van der Waals surface area contributed by atoms with Crippen LogP contribution in [0.25, 0.3) is 0 Å². The molecule has 0 saturated carbocycles. The van der Waals surface area contributed by atoms with E-state index in [2.05, 4.69) is 25.8 Å². The van der Waals surface area contributed by atoms with Gasteiger partial charge in [0.05, 0.1) is 10.6 Å². The van der Waals surface area contributed by atoms with Crippen molar-refractivity contribution in [2.75, 3.05) is 18.0 Å². The molecule has 0 atom stereocenters. The summed E-state index contributed by atoms with van der Waals surface area (Å²) in [7, 11) is 0. The van der Waals surface area contributed by atoms with Gasteiger partial charge in [-0.2, -0.15) is 0 Å². The summed E-state index contributed by atoms with van der Waals surface area (Å²) >= 11 is 9.47. The number of hydrogen-bond acceptors (Lipinski definition) is 3. The number of piperidine rings is 1. The molecule has 0 bridgehead atoms. The van der Waals surface area contributed by atoms with Crippen molar-refractivity contribution in [2.24, 2.45) is 0 Å². The third-order valence-electron chi connectivity index (χ3n) is 2.93. The van der Waals surface area contributed by atoms with Crippen LogP contribution in [0.5, 0.6) is 0 Å². The second kappa shape index (κ2) is 4.51. The molecular formula is C11H14BrClN2O. The van der Waals surface area contributed by atoms with Crippen LogP contribution in [0.15, 0.2) is 16.7 Å². The molecule has 0 aromatic carbocycles. The summed E-state index contributed by atoms with van der Waals surface area (Å²) in [5.74, 6) is 0.806. The van der Waals surface area contributed by atoms with Crippen LogP contribution in [0, 0.1) is 0 Å². The average Bonchev–Trinajstić information content (AvgIpc) is 2.19. The van der Waals surface area contributed by atoms with Gasteiger partial charge in [-0.15, -0.1) is 0 Å². The van der Waals surface area contributed by atoms with Crippen molar-refractivity contribution < 1.29 is 5.11 Å². The van der Waals surface area contributed by atoms with Gasteiger partial charge in [-0.3, -0.25) is 0 Å². The first-order chi connectivity index (χ1) is 7.48. The van der Waals surface area contributed by atoms with Gasteiger partial charge >= 0.3 is 0 Å². The molecule has 16 heavy (non-hydrogen) atoms. The topological polar surface area (TPSA) is 36.4 Å². The molecule has 0 radical (unpaired) electrons. The lowest BCUT2D eigenvalue weighted by Crippen LogP contribution is -2.42. The van der Waals surface area contributed by atoms with Crippen LogP contribution in [-0.4, -0.2) is 28.8 Å². The van der Waals surface area contributed by atoms with E-state index < -0.39 is 5.60 Å². The van der Waals surface area contributed by atoms with E-state index in [0.29, 0.717) is 5.02 Å². The van der Waals surface area contributed by atoms with Crippen LogP contribution in [0.1, 0.15) is 19.8 Å². The molecule has 0 amide bonds. The fraction of sp³-hybridized carbons (Fsp3) is 0.545. The second-order valence-electron chi connectivity index (χ2n) is 4.44. The maximum atomic E-state index is 9.86. The molecule has 88 valence electrons. The number of pyridine rings is 1. The predicted molar refractivity (Wildman–Crippen MR) is 69.0 cm³/mol. The van der Waals surface area contributed by atoms with Crippen molar-refractivity contribution in [3.8, 4) is 0 Å². The van der Waals surface area contributed by atoms with Gasteiger partial charge in [0.2, 0.25) is 0 Å². The smallest absolute Gasteiger partial charge is 0.147 e. The van der Waals surface area contributed by atoms with Crippen molar-refractivity contribution in [1.29, 1.82) is 0 Å². The average molecular weight is 306 g/mol. The van der Waals surface area contributed by atoms with Crippen LogP contribution in [-0.2, 0) is 0 Å². The lowest BCUT2D eigenvalue weighted by molar-refractivity contribution is 0.0350. The zero-order valence-corrected chi connectivity index (χ0v) is 11.4. The van der Waals surface area contributed by atoms with Crippen molar-refractivity contribution in [2.45, 2.75) is 25.4 Å². The Kier molecular flexibility index (Phi) is 3.42. The molecule has 1 saturated heterocycles. The van der Waals surface area contributed by atoms with Gasteiger partial charge in [0, 0.05) is 23.8 Å². The van der Waals surface area contributed by atoms with Gasteiger partial charge in [-0.1, -0.05) is 11.6 Å². The van der Waals surface area contributed by atoms with Crippen LogP contribution in [0.3, 0.4) is 0 Å². The first-order valence-electron chi connectivity index (χ1n) is 5.26. The lowest BCUT2D eigenvalue weighted by atomic mass is 9.94. The number of aromatic nitrogens is 1. The van der Waals surface area contributed by atoms with Crippen molar-refractivity contribution in [3.05, 3.63) is 21.8 Å². The van der Waals surface area contributed by atoms with Gasteiger partial charge in [0.15, 0.2) is 0 Å². The molecule has 5 heteroatoms. The Morgan fingerprint density at radius 1 is 1.50 bits per heavy atom. The minimum atomic E-state index is -0.543. The summed E-state index contributed by atoms with van der Waals surface area (Å²) in [6, 6.07) is 1.84. The minimum Gasteiger partial charge on any atom is -0.390 e. The molecule has 0 aliphatic carbocycles. The molecule has 1 N–H and O–H groups in total. The Morgan fingerprint density at radius 3 is 2.69 bits per heavy atom. The Labute approximate surface area is 109 Å². The van der Waals surface area contributed by atoms with Gasteiger partial charge in [-0.05, 0) is 41.8 Å². The first-order valence-corrected chi connectivity index (χ1v) is 6.43. The van der Waals surface area contributed by atoms with E-state index in [1.54, 1.807) is 6.20 Å². The molecule has 1 fully saturated rings. The molecule has 1 aromatic rings. The fourth-order valence-electron chi connectivity index (χ4n) is 1.84. The monoisotopic (exact) mass is 304 g/mol. The summed E-state index contributed by atoms with van der Waals surface area (Å²) in [6.07, 6.45) is 3.25. The van der Waals surface area contributed by atoms with Crippen molar-refractivity contribution >= 4 is 33.3 Å². The van der Waals surface area contributed by atoms with Crippen molar-refractivity contribution in [3.63, 3.8) is 0 Å². The molecule has 2 heterocycles. The second-order valence-corrected chi connectivity index (χ2v) is 5.77. The number of hydrogen-bond donors (Lipinski definition) is 1. The number of halogens is 2. The van der Waals surface area contributed by atoms with Crippen LogP contribution in [0.2, 0.25) is 5.02 Å². The van der Waals surface area contributed by atoms with Gasteiger partial charge in [0.1, 0.15) is 5.82 Å². The summed E-state index contributed by atoms with van der Waals surface area (Å²) in [5, 5.41) is 10.5. The molecular weight excluding hydrogens is 291 g/mol. The third-order valence-corrected chi connectivity index (χ3v) is 3.64. The van der Waals surface area contributed by atoms with E-state index in [1.807, 2.05) is 13.0 Å². The maximum absolute atomic E-state index is 9.86. The highest BCUT2D eigenvalue weighted by Gasteiger charge is 2.28. The highest BCUT2D eigenvalue weighted by Crippen LogP contribution is 2.30. The molecule has 1 aliphatic rings. The SMILES string of the molecule is CC1(O)CCN(c2ncc(Br)cc2Cl)CC1. The first kappa shape index (κ1) is 12.1. The third kappa shape index (κ3) is 2.67. The quantitative estimate of drug-likeness (QED) is 0.867. The minimum absolute atomic E-state index is 0.543. The maximum Gasteiger partial charge on any atom is 0.147 e. The standard InChI is InChI=1S/C11H14BrClN2O/c1-11(16)2-4-15(5-3-11)10-9(13)6-8(12)7-14-10/h6-7,16H,2-5H2,1H3. The summed E-state index contributed by atoms with van der Waals surface area (Å²) < 4.78 is 0.880. The highest BCUT2D eigenvalue weighted by molar-refractivity contribution is 9.10. The van der Waals surface area contributed by atoms with E-state index in [9.17, 15) is 5.11 Å². The number of anilines is 1. The Hall–Kier alpha value is -0.320. The largest absolute Gasteiger partial charge is 0.390 e. The number of nitrogens with zero attached hydrogens (tertiary/aromatic N) is 2. The van der Waals surface area contributed by atoms with E-state index in [0.717, 1.165) is 36.2 Å². The Bertz CT molecular complexity index is 388. The van der Waals surface area contributed by atoms with Crippen LogP contribution >= 0.6 is 27.5 Å². The molecule has 3 nitrogen and oxygen atoms in total. The van der Waals surface area contributed by atoms with Crippen LogP contribution in [0.4, 0.5) is 5.82 Å². The zero-order chi connectivity index (χ0) is 11.8. The van der Waals surface area contributed by atoms with E-state index >= 15 is 0 Å². The number of aliphatic hydroxyl groups is 1. The van der Waals surface area contributed by atoms with Crippen LogP contribution < -0.4 is 4.90 Å². The predicted octanol–water partition coefficient (Wildman–Crippen LogP) is 2.85. The summed E-state index contributed by atoms with van der Waals surface area (Å²) in [6.45, 7) is 3.46. The fourth-order valence-corrected chi connectivity index (χ4v) is 2.59. The summed E-state index contributed by atoms with van der Waals surface area (Å²) in [4.78, 5) is 6.43. The highest BCUT2D eigenvalue weighted by atomic mass is 79.9. The van der Waals surface area contributed by atoms with E-state index in [-0.39, 0.29) is 0 Å². The molecule has 0 unspecified atom stereocenters. The molecule has 1 aliphatic heterocycles.